The normalized spacial score (nSPS) is 23.4. The number of ether oxygens (including phenoxy) is 1. The smallest absolute Gasteiger partial charge is 0.340 e. The molecule has 1 atom stereocenters. The molecular weight excluding hydrogens is 440 g/mol. The lowest BCUT2D eigenvalue weighted by atomic mass is 9.80. The number of hydrogen-bond acceptors (Lipinski definition) is 4. The minimum absolute atomic E-state index is 0.0504. The van der Waals surface area contributed by atoms with Crippen LogP contribution in [0.5, 0.6) is 0 Å². The molecule has 2 N–H and O–H groups in total. The molecule has 8 heteroatoms. The Labute approximate surface area is 199 Å². The molecule has 34 heavy (non-hydrogen) atoms. The summed E-state index contributed by atoms with van der Waals surface area (Å²) >= 11 is 0. The van der Waals surface area contributed by atoms with E-state index in [2.05, 4.69) is 22.1 Å². The van der Waals surface area contributed by atoms with Crippen LogP contribution in [0.25, 0.3) is 10.9 Å². The quantitative estimate of drug-likeness (QED) is 0.512. The molecule has 0 radical (unpaired) electrons. The van der Waals surface area contributed by atoms with Crippen molar-refractivity contribution in [1.29, 1.82) is 0 Å². The molecule has 2 saturated carbocycles. The Morgan fingerprint density at radius 3 is 2.44 bits per heavy atom. The summed E-state index contributed by atoms with van der Waals surface area (Å²) in [5, 5.41) is 7.08. The zero-order valence-corrected chi connectivity index (χ0v) is 20.4. The van der Waals surface area contributed by atoms with E-state index in [9.17, 15) is 18.4 Å². The van der Waals surface area contributed by atoms with Gasteiger partial charge in [0.15, 0.2) is 0 Å². The average molecular weight is 476 g/mol. The van der Waals surface area contributed by atoms with E-state index < -0.39 is 5.92 Å². The molecule has 186 valence electrons. The number of aromatic nitrogens is 1. The third-order valence-electron chi connectivity index (χ3n) is 7.47. The second-order valence-electron chi connectivity index (χ2n) is 9.94. The van der Waals surface area contributed by atoms with Crippen molar-refractivity contribution in [3.05, 3.63) is 29.5 Å². The predicted octanol–water partition coefficient (Wildman–Crippen LogP) is 5.59. The number of amides is 1. The van der Waals surface area contributed by atoms with E-state index in [0.717, 1.165) is 42.3 Å². The maximum absolute atomic E-state index is 13.2. The lowest BCUT2D eigenvalue weighted by Gasteiger charge is -2.41. The average Bonchev–Trinajstić information content (AvgIpc) is 3.03. The molecule has 1 aromatic heterocycles. The Morgan fingerprint density at radius 1 is 1.18 bits per heavy atom. The minimum Gasteiger partial charge on any atom is -0.462 e. The summed E-state index contributed by atoms with van der Waals surface area (Å²) in [6.45, 7) is 7.69. The topological polar surface area (TPSA) is 72.4 Å². The van der Waals surface area contributed by atoms with Crippen molar-refractivity contribution in [1.82, 2.24) is 9.88 Å². The Morgan fingerprint density at radius 2 is 1.85 bits per heavy atom. The van der Waals surface area contributed by atoms with Gasteiger partial charge in [-0.2, -0.15) is 0 Å². The van der Waals surface area contributed by atoms with Crippen molar-refractivity contribution in [2.75, 3.05) is 11.9 Å². The highest BCUT2D eigenvalue weighted by atomic mass is 19.3. The molecule has 6 nitrogen and oxygen atoms in total. The van der Waals surface area contributed by atoms with Crippen LogP contribution in [-0.4, -0.2) is 41.1 Å². The van der Waals surface area contributed by atoms with Gasteiger partial charge in [0.1, 0.15) is 0 Å². The highest BCUT2D eigenvalue weighted by Gasteiger charge is 2.46. The van der Waals surface area contributed by atoms with E-state index in [1.807, 2.05) is 25.1 Å². The summed E-state index contributed by atoms with van der Waals surface area (Å²) in [4.78, 5) is 24.4. The second kappa shape index (κ2) is 9.64. The van der Waals surface area contributed by atoms with E-state index in [1.54, 1.807) is 6.92 Å². The summed E-state index contributed by atoms with van der Waals surface area (Å²) in [5.74, 6) is -2.59. The van der Waals surface area contributed by atoms with Crippen molar-refractivity contribution in [2.45, 2.75) is 90.3 Å². The molecule has 2 aliphatic carbocycles. The molecule has 0 unspecified atom stereocenters. The Bertz CT molecular complexity index is 1060. The molecule has 0 spiro atoms. The van der Waals surface area contributed by atoms with Crippen LogP contribution in [0.1, 0.15) is 81.4 Å². The SMILES string of the molecule is CCOC(=O)c1c(C)n([C@H](C)C2CCC(NC3CC(F)(F)C3)CC2)c2cc(NC(C)=O)ccc12. The molecule has 2 aromatic rings. The molecular formula is C26H35F2N3O3. The molecule has 0 saturated heterocycles. The Kier molecular flexibility index (Phi) is 6.99. The predicted molar refractivity (Wildman–Crippen MR) is 128 cm³/mol. The van der Waals surface area contributed by atoms with Crippen LogP contribution in [0, 0.1) is 12.8 Å². The first-order valence-electron chi connectivity index (χ1n) is 12.3. The molecule has 1 aromatic carbocycles. The summed E-state index contributed by atoms with van der Waals surface area (Å²) < 4.78 is 33.9. The van der Waals surface area contributed by atoms with Crippen molar-refractivity contribution in [3.63, 3.8) is 0 Å². The van der Waals surface area contributed by atoms with Crippen LogP contribution in [0.2, 0.25) is 0 Å². The van der Waals surface area contributed by atoms with Crippen LogP contribution in [0.15, 0.2) is 18.2 Å². The number of nitrogens with one attached hydrogen (secondary N) is 2. The van der Waals surface area contributed by atoms with Gasteiger partial charge >= 0.3 is 5.97 Å². The first-order chi connectivity index (χ1) is 16.1. The number of benzene rings is 1. The van der Waals surface area contributed by atoms with Crippen molar-refractivity contribution in [3.8, 4) is 0 Å². The van der Waals surface area contributed by atoms with E-state index in [1.165, 1.54) is 6.92 Å². The van der Waals surface area contributed by atoms with Crippen molar-refractivity contribution < 1.29 is 23.1 Å². The van der Waals surface area contributed by atoms with Crippen LogP contribution >= 0.6 is 0 Å². The lowest BCUT2D eigenvalue weighted by Crippen LogP contribution is -2.52. The van der Waals surface area contributed by atoms with Crippen LogP contribution in [0.3, 0.4) is 0 Å². The van der Waals surface area contributed by atoms with Gasteiger partial charge in [-0.3, -0.25) is 4.79 Å². The largest absolute Gasteiger partial charge is 0.462 e. The summed E-state index contributed by atoms with van der Waals surface area (Å²) in [5.41, 5.74) is 3.01. The maximum Gasteiger partial charge on any atom is 0.340 e. The number of carbonyl (C=O) groups excluding carboxylic acids is 2. The van der Waals surface area contributed by atoms with Gasteiger partial charge in [-0.15, -0.1) is 0 Å². The highest BCUT2D eigenvalue weighted by molar-refractivity contribution is 6.07. The minimum atomic E-state index is -2.50. The zero-order valence-electron chi connectivity index (χ0n) is 20.4. The number of esters is 1. The van der Waals surface area contributed by atoms with Crippen molar-refractivity contribution >= 4 is 28.5 Å². The highest BCUT2D eigenvalue weighted by Crippen LogP contribution is 2.41. The molecule has 4 rings (SSSR count). The number of halogens is 2. The molecule has 2 fully saturated rings. The van der Waals surface area contributed by atoms with Gasteiger partial charge in [-0.25, -0.2) is 13.6 Å². The molecule has 0 aliphatic heterocycles. The Balaban J connectivity index is 1.56. The lowest BCUT2D eigenvalue weighted by molar-refractivity contribution is -0.114. The molecule has 1 heterocycles. The summed E-state index contributed by atoms with van der Waals surface area (Å²) in [7, 11) is 0. The first-order valence-corrected chi connectivity index (χ1v) is 12.3. The number of carbonyl (C=O) groups is 2. The number of alkyl halides is 2. The van der Waals surface area contributed by atoms with E-state index in [0.29, 0.717) is 23.8 Å². The van der Waals surface area contributed by atoms with Crippen LogP contribution in [-0.2, 0) is 9.53 Å². The molecule has 0 bridgehead atoms. The number of hydrogen-bond donors (Lipinski definition) is 2. The maximum atomic E-state index is 13.2. The van der Waals surface area contributed by atoms with Gasteiger partial charge in [-0.05, 0) is 70.6 Å². The van der Waals surface area contributed by atoms with Gasteiger partial charge in [0.25, 0.3) is 5.92 Å². The fourth-order valence-corrected chi connectivity index (χ4v) is 5.80. The number of rotatable bonds is 7. The third-order valence-corrected chi connectivity index (χ3v) is 7.47. The fourth-order valence-electron chi connectivity index (χ4n) is 5.80. The molecule has 1 amide bonds. The van der Waals surface area contributed by atoms with Gasteiger partial charge in [0.2, 0.25) is 5.91 Å². The van der Waals surface area contributed by atoms with Crippen molar-refractivity contribution in [2.24, 2.45) is 5.92 Å². The van der Waals surface area contributed by atoms with Crippen LogP contribution in [0.4, 0.5) is 14.5 Å². The monoisotopic (exact) mass is 475 g/mol. The standard InChI is InChI=1S/C26H35F2N3O3/c1-5-34-25(33)24-16(3)31(23-12-20(29-17(4)32)10-11-22(23)24)15(2)18-6-8-19(9-7-18)30-21-13-26(27,28)14-21/h10-12,15,18-19,21,30H,5-9,13-14H2,1-4H3,(H,29,32)/t15-,18?,19?/m1/s1. The second-order valence-corrected chi connectivity index (χ2v) is 9.94. The van der Waals surface area contributed by atoms with E-state index in [-0.39, 0.29) is 42.8 Å². The summed E-state index contributed by atoms with van der Waals surface area (Å²) in [6.07, 6.45) is 3.78. The Hall–Kier alpha value is -2.48. The van der Waals surface area contributed by atoms with Crippen LogP contribution < -0.4 is 10.6 Å². The number of nitrogens with zero attached hydrogens (tertiary/aromatic N) is 1. The fraction of sp³-hybridized carbons (Fsp3) is 0.615. The van der Waals surface area contributed by atoms with Gasteiger partial charge in [-0.1, -0.05) is 0 Å². The third kappa shape index (κ3) is 4.97. The summed E-state index contributed by atoms with van der Waals surface area (Å²) in [6, 6.07) is 5.96. The van der Waals surface area contributed by atoms with Gasteiger partial charge < -0.3 is 19.9 Å². The number of anilines is 1. The first kappa shape index (κ1) is 24.6. The molecule has 2 aliphatic rings. The number of fused-ring (bicyclic) bond motifs is 1. The van der Waals surface area contributed by atoms with E-state index >= 15 is 0 Å². The van der Waals surface area contributed by atoms with Gasteiger partial charge in [0, 0.05) is 54.7 Å². The zero-order chi connectivity index (χ0) is 24.6. The van der Waals surface area contributed by atoms with Gasteiger partial charge in [0.05, 0.1) is 17.7 Å². The van der Waals surface area contributed by atoms with E-state index in [4.69, 9.17) is 4.74 Å².